The molecule has 0 amide bonds. The average molecular weight is 380 g/mol. The fourth-order valence-corrected chi connectivity index (χ4v) is 3.89. The van der Waals surface area contributed by atoms with Gasteiger partial charge in [0, 0.05) is 40.6 Å². The molecule has 126 valence electrons. The minimum Gasteiger partial charge on any atom is -0.493 e. The molecule has 1 aliphatic heterocycles. The van der Waals surface area contributed by atoms with Crippen LogP contribution in [0.5, 0.6) is 0 Å². The Hall–Kier alpha value is -1.42. The lowest BCUT2D eigenvalue weighted by atomic mass is 10.2. The molecule has 0 saturated carbocycles. The highest BCUT2D eigenvalue weighted by Crippen LogP contribution is 2.23. The van der Waals surface area contributed by atoms with Gasteiger partial charge >= 0.3 is 0 Å². The maximum Gasteiger partial charge on any atom is 0.118 e. The van der Waals surface area contributed by atoms with Gasteiger partial charge in [-0.3, -0.25) is 0 Å². The quantitative estimate of drug-likeness (QED) is 0.625. The minimum absolute atomic E-state index is 0.662. The summed E-state index contributed by atoms with van der Waals surface area (Å²) in [7, 11) is 0. The lowest BCUT2D eigenvalue weighted by Gasteiger charge is -2.23. The Bertz CT molecular complexity index is 766. The highest BCUT2D eigenvalue weighted by molar-refractivity contribution is 7.10. The van der Waals surface area contributed by atoms with Crippen LogP contribution >= 0.6 is 34.5 Å². The van der Waals surface area contributed by atoms with Crippen molar-refractivity contribution in [3.8, 4) is 0 Å². The molecule has 2 heterocycles. The van der Waals surface area contributed by atoms with Crippen LogP contribution in [0.2, 0.25) is 10.0 Å². The van der Waals surface area contributed by atoms with Crippen molar-refractivity contribution in [2.45, 2.75) is 19.9 Å². The topological polar surface area (TPSA) is 12.5 Å². The minimum atomic E-state index is 0.662. The molecular weight excluding hydrogens is 361 g/mol. The summed E-state index contributed by atoms with van der Waals surface area (Å²) in [6.07, 6.45) is 7.12. The summed E-state index contributed by atoms with van der Waals surface area (Å²) < 4.78 is 5.86. The first-order chi connectivity index (χ1) is 11.6. The SMILES string of the molecule is Cc1ccsc1CCOC1=CCN(Cc2ccc(Cl)cc2Cl)C=C1. The Morgan fingerprint density at radius 3 is 2.79 bits per heavy atom. The smallest absolute Gasteiger partial charge is 0.118 e. The Morgan fingerprint density at radius 1 is 1.25 bits per heavy atom. The van der Waals surface area contributed by atoms with Crippen LogP contribution in [0.25, 0.3) is 0 Å². The predicted molar refractivity (Wildman–Crippen MR) is 103 cm³/mol. The van der Waals surface area contributed by atoms with Crippen LogP contribution in [-0.2, 0) is 17.7 Å². The Balaban J connectivity index is 1.47. The van der Waals surface area contributed by atoms with E-state index in [1.165, 1.54) is 10.4 Å². The summed E-state index contributed by atoms with van der Waals surface area (Å²) >= 11 is 14.0. The van der Waals surface area contributed by atoms with E-state index in [2.05, 4.69) is 35.5 Å². The Kier molecular flexibility index (Phi) is 5.88. The zero-order valence-electron chi connectivity index (χ0n) is 13.5. The average Bonchev–Trinajstić information content (AvgIpc) is 2.97. The normalized spacial score (nSPS) is 14.0. The van der Waals surface area contributed by atoms with E-state index in [9.17, 15) is 0 Å². The molecule has 1 aromatic carbocycles. The van der Waals surface area contributed by atoms with Gasteiger partial charge in [-0.15, -0.1) is 11.3 Å². The first-order valence-electron chi connectivity index (χ1n) is 7.84. The molecule has 3 rings (SSSR count). The summed E-state index contributed by atoms with van der Waals surface area (Å²) in [6.45, 7) is 4.42. The van der Waals surface area contributed by atoms with Crippen LogP contribution < -0.4 is 0 Å². The maximum absolute atomic E-state index is 6.23. The van der Waals surface area contributed by atoms with Gasteiger partial charge in [-0.2, -0.15) is 0 Å². The molecular formula is C19H19Cl2NOS. The number of hydrogen-bond acceptors (Lipinski definition) is 3. The molecule has 2 aromatic rings. The summed E-state index contributed by atoms with van der Waals surface area (Å²) in [4.78, 5) is 3.58. The molecule has 1 aromatic heterocycles. The van der Waals surface area contributed by atoms with Gasteiger partial charge in [-0.1, -0.05) is 29.3 Å². The monoisotopic (exact) mass is 379 g/mol. The van der Waals surface area contributed by atoms with Crippen LogP contribution in [0.1, 0.15) is 16.0 Å². The lowest BCUT2D eigenvalue weighted by Crippen LogP contribution is -2.20. The van der Waals surface area contributed by atoms with Crippen molar-refractivity contribution in [1.82, 2.24) is 4.90 Å². The third-order valence-corrected chi connectivity index (χ3v) is 5.60. The number of allylic oxidation sites excluding steroid dienone is 1. The summed E-state index contributed by atoms with van der Waals surface area (Å²) in [6, 6.07) is 7.77. The molecule has 0 radical (unpaired) electrons. The van der Waals surface area contributed by atoms with E-state index in [1.54, 1.807) is 17.4 Å². The standard InChI is InChI=1S/C19H19Cl2NOS/c1-14-7-11-24-19(14)6-10-23-17-4-8-22(9-5-17)13-15-2-3-16(20)12-18(15)21/h2-5,7-8,11-12H,6,9-10,13H2,1H3. The summed E-state index contributed by atoms with van der Waals surface area (Å²) in [5.74, 6) is 0.933. The van der Waals surface area contributed by atoms with Crippen molar-refractivity contribution in [1.29, 1.82) is 0 Å². The van der Waals surface area contributed by atoms with Crippen molar-refractivity contribution < 1.29 is 4.74 Å². The highest BCUT2D eigenvalue weighted by Gasteiger charge is 2.09. The van der Waals surface area contributed by atoms with E-state index < -0.39 is 0 Å². The highest BCUT2D eigenvalue weighted by atomic mass is 35.5. The van der Waals surface area contributed by atoms with Crippen molar-refractivity contribution in [3.63, 3.8) is 0 Å². The maximum atomic E-state index is 6.23. The lowest BCUT2D eigenvalue weighted by molar-refractivity contribution is 0.221. The molecule has 5 heteroatoms. The van der Waals surface area contributed by atoms with Crippen LogP contribution in [-0.4, -0.2) is 18.1 Å². The summed E-state index contributed by atoms with van der Waals surface area (Å²) in [5, 5.41) is 3.49. The molecule has 2 nitrogen and oxygen atoms in total. The van der Waals surface area contributed by atoms with E-state index in [0.29, 0.717) is 16.7 Å². The number of nitrogens with zero attached hydrogens (tertiary/aromatic N) is 1. The van der Waals surface area contributed by atoms with Crippen molar-refractivity contribution >= 4 is 34.5 Å². The third kappa shape index (κ3) is 4.56. The second kappa shape index (κ2) is 8.11. The van der Waals surface area contributed by atoms with Gasteiger partial charge in [0.15, 0.2) is 0 Å². The predicted octanol–water partition coefficient (Wildman–Crippen LogP) is 5.84. The largest absolute Gasteiger partial charge is 0.493 e. The molecule has 0 saturated heterocycles. The number of aryl methyl sites for hydroxylation is 1. The first kappa shape index (κ1) is 17.4. The second-order valence-electron chi connectivity index (χ2n) is 5.71. The number of benzene rings is 1. The zero-order valence-corrected chi connectivity index (χ0v) is 15.8. The van der Waals surface area contributed by atoms with Gasteiger partial charge in [0.05, 0.1) is 6.61 Å². The second-order valence-corrected chi connectivity index (χ2v) is 7.56. The fourth-order valence-electron chi connectivity index (χ4n) is 2.53. The third-order valence-electron chi connectivity index (χ3n) is 3.93. The molecule has 0 spiro atoms. The van der Waals surface area contributed by atoms with Gasteiger partial charge in [-0.25, -0.2) is 0 Å². The van der Waals surface area contributed by atoms with E-state index >= 15 is 0 Å². The van der Waals surface area contributed by atoms with Crippen LogP contribution in [0.3, 0.4) is 0 Å². The first-order valence-corrected chi connectivity index (χ1v) is 9.47. The zero-order chi connectivity index (χ0) is 16.9. The molecule has 1 aliphatic rings. The van der Waals surface area contributed by atoms with E-state index in [0.717, 1.165) is 30.8 Å². The van der Waals surface area contributed by atoms with E-state index in [1.807, 2.05) is 18.2 Å². The molecule has 0 fully saturated rings. The van der Waals surface area contributed by atoms with Gasteiger partial charge in [0.2, 0.25) is 0 Å². The van der Waals surface area contributed by atoms with Gasteiger partial charge in [0.25, 0.3) is 0 Å². The van der Waals surface area contributed by atoms with Crippen molar-refractivity contribution in [2.24, 2.45) is 0 Å². The number of thiophene rings is 1. The van der Waals surface area contributed by atoms with Crippen molar-refractivity contribution in [2.75, 3.05) is 13.2 Å². The molecule has 0 N–H and O–H groups in total. The van der Waals surface area contributed by atoms with Crippen molar-refractivity contribution in [3.05, 3.63) is 79.8 Å². The summed E-state index contributed by atoms with van der Waals surface area (Å²) in [5.41, 5.74) is 2.42. The van der Waals surface area contributed by atoms with E-state index in [-0.39, 0.29) is 0 Å². The Morgan fingerprint density at radius 2 is 2.12 bits per heavy atom. The number of halogens is 2. The molecule has 0 unspecified atom stereocenters. The van der Waals surface area contributed by atoms with Crippen LogP contribution in [0, 0.1) is 6.92 Å². The van der Waals surface area contributed by atoms with Crippen LogP contribution in [0.15, 0.2) is 53.8 Å². The van der Waals surface area contributed by atoms with Gasteiger partial charge in [0.1, 0.15) is 5.76 Å². The van der Waals surface area contributed by atoms with Gasteiger partial charge < -0.3 is 9.64 Å². The molecule has 0 aliphatic carbocycles. The Labute approximate surface area is 157 Å². The van der Waals surface area contributed by atoms with Gasteiger partial charge in [-0.05, 0) is 53.8 Å². The number of hydrogen-bond donors (Lipinski definition) is 0. The molecule has 24 heavy (non-hydrogen) atoms. The molecule has 0 bridgehead atoms. The molecule has 0 atom stereocenters. The number of rotatable bonds is 6. The van der Waals surface area contributed by atoms with Crippen LogP contribution in [0.4, 0.5) is 0 Å². The van der Waals surface area contributed by atoms with E-state index in [4.69, 9.17) is 27.9 Å². The fraction of sp³-hybridized carbons (Fsp3) is 0.263. The number of ether oxygens (including phenoxy) is 1.